The van der Waals surface area contributed by atoms with E-state index >= 15 is 0 Å². The lowest BCUT2D eigenvalue weighted by Crippen LogP contribution is -2.05. The molecule has 0 unspecified atom stereocenters. The van der Waals surface area contributed by atoms with E-state index in [4.69, 9.17) is 5.26 Å². The van der Waals surface area contributed by atoms with Crippen LogP contribution in [-0.2, 0) is 12.8 Å². The normalized spacial score (nSPS) is 17.6. The maximum atomic E-state index is 8.58. The summed E-state index contributed by atoms with van der Waals surface area (Å²) in [5.41, 5.74) is 4.03. The molecule has 1 aliphatic carbocycles. The first-order valence-corrected chi connectivity index (χ1v) is 5.44. The summed E-state index contributed by atoms with van der Waals surface area (Å²) in [5.74, 6) is 0. The quantitative estimate of drug-likeness (QED) is 0.645. The fourth-order valence-corrected chi connectivity index (χ4v) is 2.25. The highest BCUT2D eigenvalue weighted by Gasteiger charge is 2.12. The molecule has 0 spiro atoms. The molecule has 0 radical (unpaired) electrons. The van der Waals surface area contributed by atoms with Gasteiger partial charge in [-0.3, -0.25) is 0 Å². The Balaban J connectivity index is 2.33. The first-order chi connectivity index (χ1) is 6.79. The average molecular weight is 248 g/mol. The number of hydrogen-bond donors (Lipinski definition) is 0. The van der Waals surface area contributed by atoms with Crippen molar-refractivity contribution in [1.82, 2.24) is 0 Å². The van der Waals surface area contributed by atoms with Crippen molar-refractivity contribution in [2.45, 2.75) is 19.3 Å². The number of halogens is 1. The van der Waals surface area contributed by atoms with Gasteiger partial charge >= 0.3 is 0 Å². The predicted octanol–water partition coefficient (Wildman–Crippen LogP) is 3.39. The number of nitrogens with zero attached hydrogens (tertiary/aromatic N) is 1. The van der Waals surface area contributed by atoms with Crippen molar-refractivity contribution in [3.8, 4) is 6.07 Å². The molecule has 1 aromatic carbocycles. The van der Waals surface area contributed by atoms with Crippen molar-refractivity contribution in [2.24, 2.45) is 0 Å². The maximum absolute atomic E-state index is 8.58. The molecule has 1 nitrogen and oxygen atoms in total. The molecule has 0 aliphatic heterocycles. The van der Waals surface area contributed by atoms with E-state index in [0.29, 0.717) is 0 Å². The Morgan fingerprint density at radius 2 is 2.14 bits per heavy atom. The number of hydrogen-bond acceptors (Lipinski definition) is 1. The zero-order valence-corrected chi connectivity index (χ0v) is 9.34. The number of allylic oxidation sites excluding steroid dienone is 2. The van der Waals surface area contributed by atoms with Gasteiger partial charge in [0.1, 0.15) is 0 Å². The van der Waals surface area contributed by atoms with Gasteiger partial charge in [0.05, 0.1) is 6.07 Å². The van der Waals surface area contributed by atoms with Crippen molar-refractivity contribution in [2.75, 3.05) is 0 Å². The Morgan fingerprint density at radius 3 is 2.93 bits per heavy atom. The van der Waals surface area contributed by atoms with E-state index in [0.717, 1.165) is 23.7 Å². The van der Waals surface area contributed by atoms with Gasteiger partial charge in [-0.15, -0.1) is 0 Å². The molecular formula is C12H10BrN. The fourth-order valence-electron chi connectivity index (χ4n) is 1.84. The first-order valence-electron chi connectivity index (χ1n) is 4.64. The molecule has 2 rings (SSSR count). The topological polar surface area (TPSA) is 23.8 Å². The molecule has 1 aliphatic rings. The van der Waals surface area contributed by atoms with E-state index in [1.807, 2.05) is 0 Å². The maximum Gasteiger partial charge on any atom is 0.0911 e. The van der Waals surface area contributed by atoms with Gasteiger partial charge in [-0.2, -0.15) is 5.26 Å². The van der Waals surface area contributed by atoms with Crippen LogP contribution in [0.15, 0.2) is 34.3 Å². The van der Waals surface area contributed by atoms with Gasteiger partial charge in [0.25, 0.3) is 0 Å². The van der Waals surface area contributed by atoms with E-state index in [2.05, 4.69) is 40.2 Å². The summed E-state index contributed by atoms with van der Waals surface area (Å²) in [4.78, 5) is 0. The third kappa shape index (κ3) is 1.88. The zero-order valence-electron chi connectivity index (χ0n) is 7.76. The summed E-state index contributed by atoms with van der Waals surface area (Å²) < 4.78 is 1.14. The smallest absolute Gasteiger partial charge is 0.0911 e. The van der Waals surface area contributed by atoms with Crippen LogP contribution in [0, 0.1) is 11.3 Å². The lowest BCUT2D eigenvalue weighted by molar-refractivity contribution is 0.836. The van der Waals surface area contributed by atoms with Crippen LogP contribution in [0.5, 0.6) is 0 Å². The van der Waals surface area contributed by atoms with Gasteiger partial charge < -0.3 is 0 Å². The first kappa shape index (κ1) is 9.48. The highest BCUT2D eigenvalue weighted by molar-refractivity contribution is 9.10. The monoisotopic (exact) mass is 247 g/mol. The van der Waals surface area contributed by atoms with Crippen molar-refractivity contribution in [3.63, 3.8) is 0 Å². The van der Waals surface area contributed by atoms with Crippen molar-refractivity contribution >= 4 is 15.9 Å². The van der Waals surface area contributed by atoms with Crippen LogP contribution in [0.1, 0.15) is 17.5 Å². The molecule has 0 heterocycles. The van der Waals surface area contributed by atoms with Crippen LogP contribution in [0.2, 0.25) is 0 Å². The second-order valence-corrected chi connectivity index (χ2v) is 4.44. The third-order valence-electron chi connectivity index (χ3n) is 2.57. The van der Waals surface area contributed by atoms with E-state index in [-0.39, 0.29) is 0 Å². The predicted molar refractivity (Wildman–Crippen MR) is 59.9 cm³/mol. The number of aryl methyl sites for hydroxylation is 1. The summed E-state index contributed by atoms with van der Waals surface area (Å²) in [7, 11) is 0. The highest BCUT2D eigenvalue weighted by Crippen LogP contribution is 2.27. The molecule has 14 heavy (non-hydrogen) atoms. The van der Waals surface area contributed by atoms with Gasteiger partial charge in [0.2, 0.25) is 0 Å². The van der Waals surface area contributed by atoms with Crippen molar-refractivity contribution in [1.29, 1.82) is 5.26 Å². The van der Waals surface area contributed by atoms with Gasteiger partial charge in [-0.25, -0.2) is 0 Å². The molecule has 0 saturated heterocycles. The summed E-state index contributed by atoms with van der Waals surface area (Å²) in [6, 6.07) is 8.49. The van der Waals surface area contributed by atoms with Crippen LogP contribution in [-0.4, -0.2) is 0 Å². The Labute approximate surface area is 92.2 Å². The van der Waals surface area contributed by atoms with Crippen LogP contribution >= 0.6 is 15.9 Å². The molecule has 0 bridgehead atoms. The molecule has 0 atom stereocenters. The second kappa shape index (κ2) is 3.98. The number of rotatable bonds is 0. The third-order valence-corrected chi connectivity index (χ3v) is 3.06. The Kier molecular flexibility index (Phi) is 2.69. The molecule has 0 fully saturated rings. The minimum atomic E-state index is 0.941. The SMILES string of the molecule is N#CC=C1CCc2cc(Br)ccc2C1. The van der Waals surface area contributed by atoms with Crippen molar-refractivity contribution < 1.29 is 0 Å². The molecule has 0 saturated carbocycles. The molecule has 0 amide bonds. The van der Waals surface area contributed by atoms with Crippen LogP contribution in [0.4, 0.5) is 0 Å². The van der Waals surface area contributed by atoms with Gasteiger partial charge in [0, 0.05) is 10.5 Å². The van der Waals surface area contributed by atoms with E-state index in [1.54, 1.807) is 6.08 Å². The minimum Gasteiger partial charge on any atom is -0.193 e. The molecule has 2 heteroatoms. The minimum absolute atomic E-state index is 0.941. The Morgan fingerprint density at radius 1 is 1.29 bits per heavy atom. The fraction of sp³-hybridized carbons (Fsp3) is 0.250. The van der Waals surface area contributed by atoms with Gasteiger partial charge in [-0.1, -0.05) is 27.6 Å². The summed E-state index contributed by atoms with van der Waals surface area (Å²) in [5, 5.41) is 8.58. The van der Waals surface area contributed by atoms with E-state index in [1.165, 1.54) is 16.7 Å². The van der Waals surface area contributed by atoms with Crippen LogP contribution in [0.3, 0.4) is 0 Å². The summed E-state index contributed by atoms with van der Waals surface area (Å²) in [6.45, 7) is 0. The number of fused-ring (bicyclic) bond motifs is 1. The molecule has 70 valence electrons. The number of nitriles is 1. The van der Waals surface area contributed by atoms with Gasteiger partial charge in [-0.05, 0) is 42.5 Å². The summed E-state index contributed by atoms with van der Waals surface area (Å²) >= 11 is 3.47. The highest BCUT2D eigenvalue weighted by atomic mass is 79.9. The second-order valence-electron chi connectivity index (χ2n) is 3.52. The lowest BCUT2D eigenvalue weighted by Gasteiger charge is -2.17. The average Bonchev–Trinajstić information content (AvgIpc) is 2.19. The summed E-state index contributed by atoms with van der Waals surface area (Å²) in [6.07, 6.45) is 4.71. The Hall–Kier alpha value is -1.07. The largest absolute Gasteiger partial charge is 0.193 e. The standard InChI is InChI=1S/C12H10BrN/c13-12-4-3-10-7-9(5-6-14)1-2-11(10)8-12/h3-5,8H,1-2,7H2. The molecule has 1 aromatic rings. The lowest BCUT2D eigenvalue weighted by atomic mass is 9.88. The van der Waals surface area contributed by atoms with E-state index < -0.39 is 0 Å². The van der Waals surface area contributed by atoms with Crippen LogP contribution < -0.4 is 0 Å². The van der Waals surface area contributed by atoms with Crippen LogP contribution in [0.25, 0.3) is 0 Å². The molecule has 0 N–H and O–H groups in total. The zero-order chi connectivity index (χ0) is 9.97. The Bertz CT molecular complexity index is 426. The van der Waals surface area contributed by atoms with Crippen molar-refractivity contribution in [3.05, 3.63) is 45.4 Å². The van der Waals surface area contributed by atoms with E-state index in [9.17, 15) is 0 Å². The molecular weight excluding hydrogens is 238 g/mol. The number of benzene rings is 1. The van der Waals surface area contributed by atoms with Gasteiger partial charge in [0.15, 0.2) is 0 Å². The molecule has 0 aromatic heterocycles.